The highest BCUT2D eigenvalue weighted by Gasteiger charge is 2.17. The van der Waals surface area contributed by atoms with Gasteiger partial charge in [0.1, 0.15) is 0 Å². The van der Waals surface area contributed by atoms with E-state index in [0.717, 1.165) is 13.1 Å². The molecule has 0 unspecified atom stereocenters. The molecule has 2 N–H and O–H groups in total. The number of aryl methyl sites for hydroxylation is 1. The molecule has 2 heterocycles. The average molecular weight is 210 g/mol. The van der Waals surface area contributed by atoms with Gasteiger partial charge in [-0.05, 0) is 43.3 Å². The lowest BCUT2D eigenvalue weighted by Gasteiger charge is -2.30. The van der Waals surface area contributed by atoms with E-state index in [2.05, 4.69) is 23.3 Å². The van der Waals surface area contributed by atoms with Gasteiger partial charge in [0.25, 0.3) is 0 Å². The monoisotopic (exact) mass is 210 g/mol. The van der Waals surface area contributed by atoms with E-state index in [1.165, 1.54) is 29.8 Å². The SMILES string of the molecule is Cc1ccsc1CN1CCC[C@H](N)C1. The number of piperidine rings is 1. The highest BCUT2D eigenvalue weighted by Crippen LogP contribution is 2.19. The fraction of sp³-hybridized carbons (Fsp3) is 0.636. The van der Waals surface area contributed by atoms with Gasteiger partial charge in [0.05, 0.1) is 0 Å². The molecule has 0 spiro atoms. The van der Waals surface area contributed by atoms with Gasteiger partial charge in [-0.25, -0.2) is 0 Å². The maximum atomic E-state index is 5.95. The van der Waals surface area contributed by atoms with Gasteiger partial charge in [-0.1, -0.05) is 0 Å². The van der Waals surface area contributed by atoms with E-state index in [4.69, 9.17) is 5.73 Å². The Morgan fingerprint density at radius 3 is 3.14 bits per heavy atom. The first-order valence-electron chi connectivity index (χ1n) is 5.26. The van der Waals surface area contributed by atoms with Gasteiger partial charge in [-0.3, -0.25) is 4.90 Å². The Hall–Kier alpha value is -0.380. The summed E-state index contributed by atoms with van der Waals surface area (Å²) in [5.41, 5.74) is 7.38. The van der Waals surface area contributed by atoms with Crippen LogP contribution in [0.15, 0.2) is 11.4 Å². The standard InChI is InChI=1S/C11H18N2S/c1-9-4-6-14-11(9)8-13-5-2-3-10(12)7-13/h4,6,10H,2-3,5,7-8,12H2,1H3/t10-/m0/s1. The molecule has 1 fully saturated rings. The third kappa shape index (κ3) is 2.35. The number of rotatable bonds is 2. The van der Waals surface area contributed by atoms with Crippen LogP contribution in [-0.4, -0.2) is 24.0 Å². The largest absolute Gasteiger partial charge is 0.327 e. The van der Waals surface area contributed by atoms with Gasteiger partial charge >= 0.3 is 0 Å². The highest BCUT2D eigenvalue weighted by atomic mass is 32.1. The van der Waals surface area contributed by atoms with Crippen molar-refractivity contribution in [2.75, 3.05) is 13.1 Å². The lowest BCUT2D eigenvalue weighted by Crippen LogP contribution is -2.42. The van der Waals surface area contributed by atoms with Gasteiger partial charge in [0.2, 0.25) is 0 Å². The quantitative estimate of drug-likeness (QED) is 0.809. The van der Waals surface area contributed by atoms with E-state index in [1.54, 1.807) is 0 Å². The Balaban J connectivity index is 1.94. The zero-order valence-electron chi connectivity index (χ0n) is 8.70. The molecule has 0 aromatic carbocycles. The average Bonchev–Trinajstić information content (AvgIpc) is 2.52. The second kappa shape index (κ2) is 4.43. The van der Waals surface area contributed by atoms with E-state index in [1.807, 2.05) is 11.3 Å². The van der Waals surface area contributed by atoms with Gasteiger partial charge in [0.15, 0.2) is 0 Å². The maximum Gasteiger partial charge on any atom is 0.0331 e. The topological polar surface area (TPSA) is 29.3 Å². The van der Waals surface area contributed by atoms with E-state index >= 15 is 0 Å². The molecule has 1 saturated heterocycles. The van der Waals surface area contributed by atoms with Crippen molar-refractivity contribution in [2.45, 2.75) is 32.4 Å². The van der Waals surface area contributed by atoms with Crippen molar-refractivity contribution in [1.82, 2.24) is 4.90 Å². The van der Waals surface area contributed by atoms with Crippen LogP contribution in [-0.2, 0) is 6.54 Å². The number of nitrogens with two attached hydrogens (primary N) is 1. The summed E-state index contributed by atoms with van der Waals surface area (Å²) in [4.78, 5) is 3.98. The molecular weight excluding hydrogens is 192 g/mol. The lowest BCUT2D eigenvalue weighted by molar-refractivity contribution is 0.203. The van der Waals surface area contributed by atoms with Crippen molar-refractivity contribution < 1.29 is 0 Å². The molecule has 78 valence electrons. The second-order valence-electron chi connectivity index (χ2n) is 4.16. The summed E-state index contributed by atoms with van der Waals surface area (Å²) < 4.78 is 0. The summed E-state index contributed by atoms with van der Waals surface area (Å²) in [6, 6.07) is 2.59. The number of likely N-dealkylation sites (tertiary alicyclic amines) is 1. The Morgan fingerprint density at radius 1 is 1.64 bits per heavy atom. The maximum absolute atomic E-state index is 5.95. The molecule has 1 aliphatic rings. The highest BCUT2D eigenvalue weighted by molar-refractivity contribution is 7.10. The van der Waals surface area contributed by atoms with E-state index in [0.29, 0.717) is 6.04 Å². The summed E-state index contributed by atoms with van der Waals surface area (Å²) in [6.45, 7) is 5.56. The van der Waals surface area contributed by atoms with Crippen molar-refractivity contribution in [3.05, 3.63) is 21.9 Å². The van der Waals surface area contributed by atoms with E-state index in [9.17, 15) is 0 Å². The molecule has 0 saturated carbocycles. The van der Waals surface area contributed by atoms with E-state index in [-0.39, 0.29) is 0 Å². The van der Waals surface area contributed by atoms with Crippen LogP contribution < -0.4 is 5.73 Å². The molecule has 14 heavy (non-hydrogen) atoms. The van der Waals surface area contributed by atoms with Crippen molar-refractivity contribution in [2.24, 2.45) is 5.73 Å². The number of thiophene rings is 1. The molecule has 2 nitrogen and oxygen atoms in total. The van der Waals surface area contributed by atoms with Crippen molar-refractivity contribution in [3.63, 3.8) is 0 Å². The first-order valence-corrected chi connectivity index (χ1v) is 6.14. The molecule has 1 atom stereocenters. The normalized spacial score (nSPS) is 24.0. The molecule has 1 aromatic heterocycles. The Kier molecular flexibility index (Phi) is 3.21. The predicted octanol–water partition coefficient (Wildman–Crippen LogP) is 1.98. The predicted molar refractivity (Wildman–Crippen MR) is 61.5 cm³/mol. The summed E-state index contributed by atoms with van der Waals surface area (Å²) in [5, 5.41) is 2.18. The molecule has 0 radical (unpaired) electrons. The zero-order chi connectivity index (χ0) is 9.97. The van der Waals surface area contributed by atoms with Crippen molar-refractivity contribution >= 4 is 11.3 Å². The van der Waals surface area contributed by atoms with Crippen LogP contribution >= 0.6 is 11.3 Å². The van der Waals surface area contributed by atoms with Crippen molar-refractivity contribution in [3.8, 4) is 0 Å². The molecule has 1 aliphatic heterocycles. The van der Waals surface area contributed by atoms with Gasteiger partial charge in [-0.2, -0.15) is 0 Å². The molecule has 0 amide bonds. The first kappa shape index (κ1) is 10.1. The Morgan fingerprint density at radius 2 is 2.50 bits per heavy atom. The number of nitrogens with zero attached hydrogens (tertiary/aromatic N) is 1. The Labute approximate surface area is 89.7 Å². The third-order valence-electron chi connectivity index (χ3n) is 2.88. The van der Waals surface area contributed by atoms with Gasteiger partial charge in [0, 0.05) is 24.0 Å². The van der Waals surface area contributed by atoms with Crippen LogP contribution in [0, 0.1) is 6.92 Å². The fourth-order valence-electron chi connectivity index (χ4n) is 2.00. The first-order chi connectivity index (χ1) is 6.75. The number of hydrogen-bond donors (Lipinski definition) is 1. The zero-order valence-corrected chi connectivity index (χ0v) is 9.52. The fourth-order valence-corrected chi connectivity index (χ4v) is 2.95. The molecule has 3 heteroatoms. The third-order valence-corrected chi connectivity index (χ3v) is 3.89. The van der Waals surface area contributed by atoms with Crippen LogP contribution in [0.1, 0.15) is 23.3 Å². The Bertz CT molecular complexity index is 295. The molecule has 1 aromatic rings. The summed E-state index contributed by atoms with van der Waals surface area (Å²) in [7, 11) is 0. The van der Waals surface area contributed by atoms with Crippen LogP contribution in [0.4, 0.5) is 0 Å². The summed E-state index contributed by atoms with van der Waals surface area (Å²) >= 11 is 1.86. The van der Waals surface area contributed by atoms with Crippen LogP contribution in [0.25, 0.3) is 0 Å². The molecular formula is C11H18N2S. The second-order valence-corrected chi connectivity index (χ2v) is 5.16. The molecule has 0 bridgehead atoms. The van der Waals surface area contributed by atoms with Crippen LogP contribution in [0.5, 0.6) is 0 Å². The lowest BCUT2D eigenvalue weighted by atomic mass is 10.1. The number of hydrogen-bond acceptors (Lipinski definition) is 3. The van der Waals surface area contributed by atoms with E-state index < -0.39 is 0 Å². The molecule has 2 rings (SSSR count). The van der Waals surface area contributed by atoms with Crippen LogP contribution in [0.2, 0.25) is 0 Å². The summed E-state index contributed by atoms with van der Waals surface area (Å²) in [5.74, 6) is 0. The van der Waals surface area contributed by atoms with Crippen LogP contribution in [0.3, 0.4) is 0 Å². The molecule has 0 aliphatic carbocycles. The van der Waals surface area contributed by atoms with Gasteiger partial charge in [-0.15, -0.1) is 11.3 Å². The summed E-state index contributed by atoms with van der Waals surface area (Å²) in [6.07, 6.45) is 2.45. The smallest absolute Gasteiger partial charge is 0.0331 e. The van der Waals surface area contributed by atoms with Gasteiger partial charge < -0.3 is 5.73 Å². The minimum atomic E-state index is 0.393. The minimum absolute atomic E-state index is 0.393. The van der Waals surface area contributed by atoms with Crippen molar-refractivity contribution in [1.29, 1.82) is 0 Å². The minimum Gasteiger partial charge on any atom is -0.327 e.